The Labute approximate surface area is 190 Å². The number of ether oxygens (including phenoxy) is 1. The van der Waals surface area contributed by atoms with E-state index in [0.717, 1.165) is 25.1 Å². The predicted molar refractivity (Wildman–Crippen MR) is 116 cm³/mol. The Hall–Kier alpha value is -3.07. The third-order valence-corrected chi connectivity index (χ3v) is 5.03. The van der Waals surface area contributed by atoms with Crippen LogP contribution in [-0.2, 0) is 22.4 Å². The van der Waals surface area contributed by atoms with Crippen molar-refractivity contribution in [1.82, 2.24) is 4.90 Å². The van der Waals surface area contributed by atoms with Crippen LogP contribution in [0, 0.1) is 0 Å². The summed E-state index contributed by atoms with van der Waals surface area (Å²) in [5.74, 6) is -2.57. The molecule has 0 aromatic heterocycles. The maximum Gasteiger partial charge on any atom is 0.490 e. The predicted octanol–water partition coefficient (Wildman–Crippen LogP) is 4.42. The van der Waals surface area contributed by atoms with E-state index in [9.17, 15) is 18.0 Å². The number of halogens is 3. The topological polar surface area (TPSA) is 87.1 Å². The molecule has 2 N–H and O–H groups in total. The molecule has 0 aliphatic heterocycles. The van der Waals surface area contributed by atoms with Gasteiger partial charge in [0, 0.05) is 25.6 Å². The van der Waals surface area contributed by atoms with E-state index in [4.69, 9.17) is 19.7 Å². The molecule has 0 amide bonds. The van der Waals surface area contributed by atoms with Gasteiger partial charge in [-0.05, 0) is 42.5 Å². The van der Waals surface area contributed by atoms with Gasteiger partial charge >= 0.3 is 18.1 Å². The molecule has 33 heavy (non-hydrogen) atoms. The third-order valence-electron chi connectivity index (χ3n) is 5.03. The summed E-state index contributed by atoms with van der Waals surface area (Å²) >= 11 is 0. The van der Waals surface area contributed by atoms with E-state index in [0.29, 0.717) is 19.2 Å². The first-order valence-electron chi connectivity index (χ1n) is 10.7. The van der Waals surface area contributed by atoms with Crippen molar-refractivity contribution in [3.05, 3.63) is 65.7 Å². The highest BCUT2D eigenvalue weighted by molar-refractivity contribution is 5.73. The highest BCUT2D eigenvalue weighted by atomic mass is 19.4. The summed E-state index contributed by atoms with van der Waals surface area (Å²) in [5.41, 5.74) is 2.55. The Morgan fingerprint density at radius 2 is 1.48 bits per heavy atom. The normalized spacial score (nSPS) is 13.2. The number of hydrogen-bond acceptors (Lipinski definition) is 4. The molecule has 2 aromatic carbocycles. The first-order chi connectivity index (χ1) is 15.6. The van der Waals surface area contributed by atoms with Crippen LogP contribution in [0.4, 0.5) is 13.2 Å². The second-order valence-electron chi connectivity index (χ2n) is 7.69. The highest BCUT2D eigenvalue weighted by Gasteiger charge is 2.38. The summed E-state index contributed by atoms with van der Waals surface area (Å²) in [6.45, 7) is 2.25. The van der Waals surface area contributed by atoms with E-state index in [1.807, 2.05) is 30.3 Å². The molecule has 6 nitrogen and oxygen atoms in total. The Morgan fingerprint density at radius 3 is 2.00 bits per heavy atom. The Kier molecular flexibility index (Phi) is 10.2. The number of alkyl halides is 3. The van der Waals surface area contributed by atoms with Crippen molar-refractivity contribution < 1.29 is 37.7 Å². The van der Waals surface area contributed by atoms with Crippen molar-refractivity contribution in [3.8, 4) is 5.75 Å². The van der Waals surface area contributed by atoms with Crippen LogP contribution in [-0.4, -0.2) is 59.0 Å². The number of rotatable bonds is 11. The lowest BCUT2D eigenvalue weighted by Crippen LogP contribution is -2.30. The second-order valence-corrected chi connectivity index (χ2v) is 7.69. The third kappa shape index (κ3) is 10.9. The molecule has 9 heteroatoms. The molecule has 0 spiro atoms. The minimum Gasteiger partial charge on any atom is -0.493 e. The van der Waals surface area contributed by atoms with E-state index in [2.05, 4.69) is 29.2 Å². The van der Waals surface area contributed by atoms with Crippen LogP contribution in [0.3, 0.4) is 0 Å². The zero-order valence-corrected chi connectivity index (χ0v) is 18.1. The van der Waals surface area contributed by atoms with Crippen molar-refractivity contribution in [2.75, 3.05) is 19.7 Å². The van der Waals surface area contributed by atoms with Crippen molar-refractivity contribution >= 4 is 11.9 Å². The lowest BCUT2D eigenvalue weighted by molar-refractivity contribution is -0.192. The van der Waals surface area contributed by atoms with Crippen LogP contribution in [0.2, 0.25) is 0 Å². The molecule has 0 radical (unpaired) electrons. The second kappa shape index (κ2) is 12.8. The number of nitrogens with zero attached hydrogens (tertiary/aromatic N) is 1. The Bertz CT molecular complexity index is 868. The van der Waals surface area contributed by atoms with Gasteiger partial charge in [0.2, 0.25) is 0 Å². The Morgan fingerprint density at radius 1 is 0.909 bits per heavy atom. The van der Waals surface area contributed by atoms with E-state index < -0.39 is 18.1 Å². The highest BCUT2D eigenvalue weighted by Crippen LogP contribution is 2.27. The molecular formula is C24H28F3NO5. The van der Waals surface area contributed by atoms with Crippen LogP contribution < -0.4 is 4.74 Å². The van der Waals surface area contributed by atoms with Crippen LogP contribution in [0.25, 0.3) is 0 Å². The molecule has 1 aliphatic rings. The monoisotopic (exact) mass is 467 g/mol. The van der Waals surface area contributed by atoms with E-state index in [1.54, 1.807) is 0 Å². The van der Waals surface area contributed by atoms with Gasteiger partial charge in [-0.3, -0.25) is 9.69 Å². The number of carboxylic acids is 2. The number of benzene rings is 2. The maximum atomic E-state index is 10.8. The Balaban J connectivity index is 0.000000479. The van der Waals surface area contributed by atoms with Gasteiger partial charge in [0.25, 0.3) is 0 Å². The molecule has 3 rings (SSSR count). The fourth-order valence-corrected chi connectivity index (χ4v) is 3.11. The van der Waals surface area contributed by atoms with Gasteiger partial charge in [-0.1, -0.05) is 42.5 Å². The molecule has 0 bridgehead atoms. The summed E-state index contributed by atoms with van der Waals surface area (Å²) in [6, 6.07) is 19.2. The SMILES string of the molecule is O=C(O)C(F)(F)F.O=C(O)CCN(CCc1ccc(OCCc2ccccc2)cc1)C1CC1. The average molecular weight is 467 g/mol. The van der Waals surface area contributed by atoms with Crippen molar-refractivity contribution in [2.45, 2.75) is 44.3 Å². The molecule has 1 aliphatic carbocycles. The van der Waals surface area contributed by atoms with Gasteiger partial charge in [-0.2, -0.15) is 13.2 Å². The smallest absolute Gasteiger partial charge is 0.490 e. The lowest BCUT2D eigenvalue weighted by atomic mass is 10.1. The fourth-order valence-electron chi connectivity index (χ4n) is 3.11. The van der Waals surface area contributed by atoms with E-state index >= 15 is 0 Å². The quantitative estimate of drug-likeness (QED) is 0.509. The molecule has 0 saturated heterocycles. The zero-order chi connectivity index (χ0) is 24.3. The number of carboxylic acid groups (broad SMARTS) is 2. The first-order valence-corrected chi connectivity index (χ1v) is 10.7. The largest absolute Gasteiger partial charge is 0.493 e. The summed E-state index contributed by atoms with van der Waals surface area (Å²) < 4.78 is 37.6. The van der Waals surface area contributed by atoms with Gasteiger partial charge < -0.3 is 14.9 Å². The molecule has 0 atom stereocenters. The lowest BCUT2D eigenvalue weighted by Gasteiger charge is -2.21. The van der Waals surface area contributed by atoms with Gasteiger partial charge in [-0.15, -0.1) is 0 Å². The molecule has 0 heterocycles. The fraction of sp³-hybridized carbons (Fsp3) is 0.417. The van der Waals surface area contributed by atoms with Gasteiger partial charge in [-0.25, -0.2) is 4.79 Å². The standard InChI is InChI=1S/C22H27NO3.C2HF3O2/c24-22(25)13-16-23(20-8-9-20)15-12-19-6-10-21(11-7-19)26-17-14-18-4-2-1-3-5-18;3-2(4,5)1(6)7/h1-7,10-11,20H,8-9,12-17H2,(H,24,25);(H,6,7). The molecule has 1 saturated carbocycles. The van der Waals surface area contributed by atoms with Crippen molar-refractivity contribution in [2.24, 2.45) is 0 Å². The van der Waals surface area contributed by atoms with Crippen LogP contribution in [0.15, 0.2) is 54.6 Å². The minimum absolute atomic E-state index is 0.227. The summed E-state index contributed by atoms with van der Waals surface area (Å²) in [4.78, 5) is 22.0. The molecule has 2 aromatic rings. The average Bonchev–Trinajstić information content (AvgIpc) is 3.60. The number of hydrogen-bond donors (Lipinski definition) is 2. The van der Waals surface area contributed by atoms with E-state index in [1.165, 1.54) is 24.0 Å². The maximum absolute atomic E-state index is 10.8. The molecular weight excluding hydrogens is 439 g/mol. The number of aliphatic carboxylic acids is 2. The van der Waals surface area contributed by atoms with Gasteiger partial charge in [0.1, 0.15) is 5.75 Å². The molecule has 1 fully saturated rings. The summed E-state index contributed by atoms with van der Waals surface area (Å²) in [5, 5.41) is 16.0. The van der Waals surface area contributed by atoms with Crippen molar-refractivity contribution in [1.29, 1.82) is 0 Å². The van der Waals surface area contributed by atoms with Crippen LogP contribution in [0.1, 0.15) is 30.4 Å². The number of carbonyl (C=O) groups is 2. The summed E-state index contributed by atoms with van der Waals surface area (Å²) in [7, 11) is 0. The molecule has 0 unspecified atom stereocenters. The first kappa shape index (κ1) is 26.2. The van der Waals surface area contributed by atoms with Gasteiger partial charge in [0.15, 0.2) is 0 Å². The van der Waals surface area contributed by atoms with Crippen LogP contribution >= 0.6 is 0 Å². The summed E-state index contributed by atoms with van der Waals surface area (Å²) in [6.07, 6.45) is -0.602. The zero-order valence-electron chi connectivity index (χ0n) is 18.1. The van der Waals surface area contributed by atoms with Crippen molar-refractivity contribution in [3.63, 3.8) is 0 Å². The van der Waals surface area contributed by atoms with E-state index in [-0.39, 0.29) is 6.42 Å². The van der Waals surface area contributed by atoms with Crippen LogP contribution in [0.5, 0.6) is 5.75 Å². The minimum atomic E-state index is -5.08. The van der Waals surface area contributed by atoms with Gasteiger partial charge in [0.05, 0.1) is 13.0 Å². The molecule has 180 valence electrons.